The van der Waals surface area contributed by atoms with Crippen LogP contribution in [0.25, 0.3) is 0 Å². The highest BCUT2D eigenvalue weighted by Gasteiger charge is 2.20. The minimum atomic E-state index is -0.310. The third kappa shape index (κ3) is 4.75. The maximum absolute atomic E-state index is 13.5. The van der Waals surface area contributed by atoms with Crippen LogP contribution in [-0.2, 0) is 17.8 Å². The molecule has 2 aromatic rings. The van der Waals surface area contributed by atoms with Gasteiger partial charge in [0.15, 0.2) is 0 Å². The van der Waals surface area contributed by atoms with E-state index < -0.39 is 0 Å². The van der Waals surface area contributed by atoms with E-state index in [-0.39, 0.29) is 11.7 Å². The quantitative estimate of drug-likeness (QED) is 0.763. The SMILES string of the molecule is CC(C)Sc1ccc(CC(=O)N2CCOc3ccc(F)cc3C2)cc1. The maximum atomic E-state index is 13.5. The molecule has 0 unspecified atom stereocenters. The summed E-state index contributed by atoms with van der Waals surface area (Å²) in [7, 11) is 0. The fourth-order valence-electron chi connectivity index (χ4n) is 2.82. The van der Waals surface area contributed by atoms with Gasteiger partial charge in [0.25, 0.3) is 0 Å². The first-order chi connectivity index (χ1) is 12.0. The second kappa shape index (κ2) is 7.91. The number of rotatable bonds is 4. The number of carbonyl (C=O) groups excluding carboxylic acids is 1. The Morgan fingerprint density at radius 1 is 1.24 bits per heavy atom. The molecule has 2 aromatic carbocycles. The molecule has 0 bridgehead atoms. The van der Waals surface area contributed by atoms with E-state index >= 15 is 0 Å². The average molecular weight is 359 g/mol. The highest BCUT2D eigenvalue weighted by molar-refractivity contribution is 7.99. The molecule has 1 aliphatic heterocycles. The Morgan fingerprint density at radius 3 is 2.72 bits per heavy atom. The van der Waals surface area contributed by atoms with Crippen molar-refractivity contribution in [3.8, 4) is 5.75 Å². The average Bonchev–Trinajstić information content (AvgIpc) is 2.78. The number of fused-ring (bicyclic) bond motifs is 1. The fraction of sp³-hybridized carbons (Fsp3) is 0.350. The van der Waals surface area contributed by atoms with Crippen molar-refractivity contribution in [1.29, 1.82) is 0 Å². The van der Waals surface area contributed by atoms with Crippen molar-refractivity contribution >= 4 is 17.7 Å². The highest BCUT2D eigenvalue weighted by Crippen LogP contribution is 2.25. The number of carbonyl (C=O) groups is 1. The van der Waals surface area contributed by atoms with Crippen LogP contribution in [0.3, 0.4) is 0 Å². The molecular weight excluding hydrogens is 337 g/mol. The number of benzene rings is 2. The number of thioether (sulfide) groups is 1. The predicted octanol–water partition coefficient (Wildman–Crippen LogP) is 4.29. The molecule has 0 spiro atoms. The normalized spacial score (nSPS) is 14.0. The van der Waals surface area contributed by atoms with Gasteiger partial charge in [0.2, 0.25) is 5.91 Å². The smallest absolute Gasteiger partial charge is 0.227 e. The zero-order valence-electron chi connectivity index (χ0n) is 14.5. The van der Waals surface area contributed by atoms with Gasteiger partial charge in [-0.25, -0.2) is 4.39 Å². The Bertz CT molecular complexity index is 746. The Kier molecular flexibility index (Phi) is 5.63. The summed E-state index contributed by atoms with van der Waals surface area (Å²) in [5.74, 6) is 0.381. The first kappa shape index (κ1) is 17.8. The van der Waals surface area contributed by atoms with E-state index in [1.54, 1.807) is 22.7 Å². The van der Waals surface area contributed by atoms with E-state index in [9.17, 15) is 9.18 Å². The van der Waals surface area contributed by atoms with Crippen LogP contribution in [0.2, 0.25) is 0 Å². The summed E-state index contributed by atoms with van der Waals surface area (Å²) < 4.78 is 19.1. The lowest BCUT2D eigenvalue weighted by Gasteiger charge is -2.20. The molecule has 0 atom stereocenters. The van der Waals surface area contributed by atoms with Crippen molar-refractivity contribution in [2.75, 3.05) is 13.2 Å². The minimum absolute atomic E-state index is 0.0324. The number of halogens is 1. The van der Waals surface area contributed by atoms with Crippen LogP contribution >= 0.6 is 11.8 Å². The molecule has 3 rings (SSSR count). The molecule has 0 radical (unpaired) electrons. The van der Waals surface area contributed by atoms with Crippen molar-refractivity contribution in [2.45, 2.75) is 37.0 Å². The van der Waals surface area contributed by atoms with E-state index in [4.69, 9.17) is 4.74 Å². The largest absolute Gasteiger partial charge is 0.491 e. The van der Waals surface area contributed by atoms with Crippen LogP contribution in [0.1, 0.15) is 25.0 Å². The van der Waals surface area contributed by atoms with Crippen molar-refractivity contribution in [3.63, 3.8) is 0 Å². The van der Waals surface area contributed by atoms with Crippen molar-refractivity contribution in [1.82, 2.24) is 4.90 Å². The second-order valence-electron chi connectivity index (χ2n) is 6.40. The molecule has 1 heterocycles. The third-order valence-electron chi connectivity index (χ3n) is 4.01. The summed E-state index contributed by atoms with van der Waals surface area (Å²) in [5.41, 5.74) is 1.71. The predicted molar refractivity (Wildman–Crippen MR) is 98.5 cm³/mol. The zero-order chi connectivity index (χ0) is 17.8. The summed E-state index contributed by atoms with van der Waals surface area (Å²) >= 11 is 1.80. The van der Waals surface area contributed by atoms with Gasteiger partial charge in [-0.1, -0.05) is 26.0 Å². The standard InChI is InChI=1S/C20H22FNO2S/c1-14(2)25-18-6-3-15(4-7-18)11-20(23)22-9-10-24-19-8-5-17(21)12-16(19)13-22/h3-8,12,14H,9-11,13H2,1-2H3. The Labute approximate surface area is 152 Å². The maximum Gasteiger partial charge on any atom is 0.227 e. The number of hydrogen-bond donors (Lipinski definition) is 0. The molecule has 1 amide bonds. The van der Waals surface area contributed by atoms with Crippen molar-refractivity contribution in [3.05, 3.63) is 59.4 Å². The fourth-order valence-corrected chi connectivity index (χ4v) is 3.66. The topological polar surface area (TPSA) is 29.5 Å². The first-order valence-corrected chi connectivity index (χ1v) is 9.34. The lowest BCUT2D eigenvalue weighted by Crippen LogP contribution is -2.33. The summed E-state index contributed by atoms with van der Waals surface area (Å²) in [6.45, 7) is 5.63. The van der Waals surface area contributed by atoms with Crippen LogP contribution in [0.5, 0.6) is 5.75 Å². The Morgan fingerprint density at radius 2 is 2.00 bits per heavy atom. The summed E-state index contributed by atoms with van der Waals surface area (Å²) in [4.78, 5) is 15.6. The molecule has 3 nitrogen and oxygen atoms in total. The van der Waals surface area contributed by atoms with Crippen LogP contribution in [-0.4, -0.2) is 29.2 Å². The zero-order valence-corrected chi connectivity index (χ0v) is 15.3. The Hall–Kier alpha value is -2.01. The number of nitrogens with zero attached hydrogens (tertiary/aromatic N) is 1. The molecule has 5 heteroatoms. The first-order valence-electron chi connectivity index (χ1n) is 8.46. The molecule has 1 aliphatic rings. The molecule has 0 aliphatic carbocycles. The van der Waals surface area contributed by atoms with Gasteiger partial charge in [0.05, 0.1) is 13.0 Å². The highest BCUT2D eigenvalue weighted by atomic mass is 32.2. The number of amides is 1. The molecule has 0 fully saturated rings. The van der Waals surface area contributed by atoms with E-state index in [1.807, 2.05) is 12.1 Å². The van der Waals surface area contributed by atoms with E-state index in [2.05, 4.69) is 26.0 Å². The summed E-state index contributed by atoms with van der Waals surface area (Å²) in [6, 6.07) is 12.6. The van der Waals surface area contributed by atoms with Crippen molar-refractivity contribution in [2.24, 2.45) is 0 Å². The van der Waals surface area contributed by atoms with Crippen LogP contribution in [0, 0.1) is 5.82 Å². The van der Waals surface area contributed by atoms with Gasteiger partial charge >= 0.3 is 0 Å². The minimum Gasteiger partial charge on any atom is -0.491 e. The van der Waals surface area contributed by atoms with Gasteiger partial charge in [0.1, 0.15) is 18.2 Å². The third-order valence-corrected chi connectivity index (χ3v) is 5.02. The van der Waals surface area contributed by atoms with Gasteiger partial charge in [-0.3, -0.25) is 4.79 Å². The van der Waals surface area contributed by atoms with Crippen LogP contribution in [0.15, 0.2) is 47.4 Å². The molecular formula is C20H22FNO2S. The van der Waals surface area contributed by atoms with E-state index in [0.29, 0.717) is 37.1 Å². The summed E-state index contributed by atoms with van der Waals surface area (Å²) in [6.07, 6.45) is 0.345. The Balaban J connectivity index is 1.66. The van der Waals surface area contributed by atoms with Gasteiger partial charge in [-0.15, -0.1) is 11.8 Å². The molecule has 0 saturated carbocycles. The number of ether oxygens (including phenoxy) is 1. The second-order valence-corrected chi connectivity index (χ2v) is 8.05. The van der Waals surface area contributed by atoms with Gasteiger partial charge in [-0.2, -0.15) is 0 Å². The van der Waals surface area contributed by atoms with Crippen LogP contribution < -0.4 is 4.74 Å². The lowest BCUT2D eigenvalue weighted by atomic mass is 10.1. The summed E-state index contributed by atoms with van der Waals surface area (Å²) in [5, 5.41) is 0.532. The molecule has 25 heavy (non-hydrogen) atoms. The molecule has 0 N–H and O–H groups in total. The van der Waals surface area contributed by atoms with Gasteiger partial charge in [0, 0.05) is 22.3 Å². The molecule has 132 valence electrons. The van der Waals surface area contributed by atoms with Gasteiger partial charge < -0.3 is 9.64 Å². The van der Waals surface area contributed by atoms with Gasteiger partial charge in [-0.05, 0) is 35.9 Å². The lowest BCUT2D eigenvalue weighted by molar-refractivity contribution is -0.131. The molecule has 0 saturated heterocycles. The number of hydrogen-bond acceptors (Lipinski definition) is 3. The van der Waals surface area contributed by atoms with E-state index in [1.165, 1.54) is 17.0 Å². The van der Waals surface area contributed by atoms with Crippen LogP contribution in [0.4, 0.5) is 4.39 Å². The monoisotopic (exact) mass is 359 g/mol. The van der Waals surface area contributed by atoms with Crippen molar-refractivity contribution < 1.29 is 13.9 Å². The van der Waals surface area contributed by atoms with E-state index in [0.717, 1.165) is 11.1 Å². The molecule has 0 aromatic heterocycles.